The zero-order valence-electron chi connectivity index (χ0n) is 15.6. The molecule has 29 heavy (non-hydrogen) atoms. The van der Waals surface area contributed by atoms with Gasteiger partial charge < -0.3 is 14.2 Å². The van der Waals surface area contributed by atoms with Crippen LogP contribution >= 0.6 is 11.3 Å². The summed E-state index contributed by atoms with van der Waals surface area (Å²) in [4.78, 5) is 19.5. The molecule has 0 bridgehead atoms. The Hall–Kier alpha value is -2.71. The Kier molecular flexibility index (Phi) is 4.81. The minimum atomic E-state index is -0.315. The molecule has 1 saturated heterocycles. The molecule has 1 amide bonds. The fraction of sp³-hybridized carbons (Fsp3) is 0.333. The molecule has 0 spiro atoms. The lowest BCUT2D eigenvalue weighted by Gasteiger charge is -2.23. The molecule has 0 saturated carbocycles. The van der Waals surface area contributed by atoms with Crippen LogP contribution in [0.4, 0.5) is 9.52 Å². The van der Waals surface area contributed by atoms with Gasteiger partial charge in [-0.25, -0.2) is 9.37 Å². The van der Waals surface area contributed by atoms with E-state index in [0.717, 1.165) is 18.4 Å². The fourth-order valence-electron chi connectivity index (χ4n) is 3.60. The van der Waals surface area contributed by atoms with Crippen LogP contribution in [0.3, 0.4) is 0 Å². The van der Waals surface area contributed by atoms with E-state index in [9.17, 15) is 9.18 Å². The summed E-state index contributed by atoms with van der Waals surface area (Å²) in [5.41, 5.74) is 1.52. The van der Waals surface area contributed by atoms with E-state index >= 15 is 0 Å². The van der Waals surface area contributed by atoms with E-state index in [0.29, 0.717) is 40.0 Å². The van der Waals surface area contributed by atoms with Gasteiger partial charge >= 0.3 is 0 Å². The summed E-state index contributed by atoms with van der Waals surface area (Å²) in [6.07, 6.45) is 2.08. The lowest BCUT2D eigenvalue weighted by atomic mass is 10.1. The van der Waals surface area contributed by atoms with Crippen molar-refractivity contribution in [1.29, 1.82) is 0 Å². The van der Waals surface area contributed by atoms with Crippen LogP contribution in [0.25, 0.3) is 10.2 Å². The van der Waals surface area contributed by atoms with Gasteiger partial charge in [0.25, 0.3) is 0 Å². The fourth-order valence-corrected chi connectivity index (χ4v) is 4.62. The minimum Gasteiger partial charge on any atom is -0.454 e. The van der Waals surface area contributed by atoms with Gasteiger partial charge in [0, 0.05) is 6.61 Å². The van der Waals surface area contributed by atoms with Crippen molar-refractivity contribution in [3.05, 3.63) is 47.8 Å². The Balaban J connectivity index is 1.43. The average Bonchev–Trinajstić information content (AvgIpc) is 3.45. The Morgan fingerprint density at radius 3 is 2.97 bits per heavy atom. The van der Waals surface area contributed by atoms with Crippen LogP contribution in [-0.2, 0) is 16.0 Å². The van der Waals surface area contributed by atoms with E-state index in [-0.39, 0.29) is 31.0 Å². The average molecular weight is 414 g/mol. The summed E-state index contributed by atoms with van der Waals surface area (Å²) >= 11 is 1.32. The SMILES string of the molecule is O=C(Cc1ccc2c(c1)OCO2)N(CC1CCCO1)c1nc2ccc(F)cc2s1. The highest BCUT2D eigenvalue weighted by molar-refractivity contribution is 7.22. The number of ether oxygens (including phenoxy) is 3. The maximum atomic E-state index is 13.6. The number of amides is 1. The maximum Gasteiger partial charge on any atom is 0.233 e. The molecule has 2 aromatic carbocycles. The van der Waals surface area contributed by atoms with Crippen LogP contribution in [-0.4, -0.2) is 36.9 Å². The van der Waals surface area contributed by atoms with Crippen molar-refractivity contribution in [3.8, 4) is 11.5 Å². The molecule has 2 aliphatic rings. The van der Waals surface area contributed by atoms with Crippen molar-refractivity contribution in [3.63, 3.8) is 0 Å². The predicted molar refractivity (Wildman–Crippen MR) is 107 cm³/mol. The zero-order chi connectivity index (χ0) is 19.8. The molecule has 1 aromatic heterocycles. The molecule has 1 fully saturated rings. The van der Waals surface area contributed by atoms with E-state index in [2.05, 4.69) is 4.98 Å². The van der Waals surface area contributed by atoms with Crippen molar-refractivity contribution in [2.75, 3.05) is 24.8 Å². The van der Waals surface area contributed by atoms with Crippen molar-refractivity contribution < 1.29 is 23.4 Å². The van der Waals surface area contributed by atoms with Gasteiger partial charge in [-0.15, -0.1) is 0 Å². The number of halogens is 1. The quantitative estimate of drug-likeness (QED) is 0.633. The number of hydrogen-bond acceptors (Lipinski definition) is 6. The van der Waals surface area contributed by atoms with Gasteiger partial charge in [0.1, 0.15) is 5.82 Å². The van der Waals surface area contributed by atoms with Crippen molar-refractivity contribution in [2.45, 2.75) is 25.4 Å². The summed E-state index contributed by atoms with van der Waals surface area (Å²) in [6, 6.07) is 9.97. The zero-order valence-corrected chi connectivity index (χ0v) is 16.4. The molecule has 8 heteroatoms. The monoisotopic (exact) mass is 414 g/mol. The first-order chi connectivity index (χ1) is 14.2. The number of rotatable bonds is 5. The minimum absolute atomic E-state index is 0.0144. The lowest BCUT2D eigenvalue weighted by molar-refractivity contribution is -0.118. The highest BCUT2D eigenvalue weighted by atomic mass is 32.1. The highest BCUT2D eigenvalue weighted by Gasteiger charge is 2.27. The summed E-state index contributed by atoms with van der Waals surface area (Å²) in [5, 5.41) is 0.562. The van der Waals surface area contributed by atoms with Crippen LogP contribution in [0.5, 0.6) is 11.5 Å². The number of hydrogen-bond donors (Lipinski definition) is 0. The van der Waals surface area contributed by atoms with Crippen LogP contribution in [0, 0.1) is 5.82 Å². The maximum absolute atomic E-state index is 13.6. The van der Waals surface area contributed by atoms with Crippen LogP contribution in [0.2, 0.25) is 0 Å². The molecule has 1 atom stereocenters. The molecular weight excluding hydrogens is 395 g/mol. The number of carbonyl (C=O) groups is 1. The number of anilines is 1. The number of carbonyl (C=O) groups excluding carboxylic acids is 1. The molecule has 0 N–H and O–H groups in total. The normalized spacial score (nSPS) is 17.8. The second kappa shape index (κ2) is 7.61. The van der Waals surface area contributed by atoms with Crippen LogP contribution in [0.1, 0.15) is 18.4 Å². The largest absolute Gasteiger partial charge is 0.454 e. The number of benzene rings is 2. The number of thiazole rings is 1. The molecule has 3 heterocycles. The van der Waals surface area contributed by atoms with Gasteiger partial charge in [0.2, 0.25) is 12.7 Å². The number of fused-ring (bicyclic) bond motifs is 2. The summed E-state index contributed by atoms with van der Waals surface area (Å²) in [5.74, 6) is 0.936. The molecule has 5 rings (SSSR count). The van der Waals surface area contributed by atoms with Crippen molar-refractivity contribution in [2.24, 2.45) is 0 Å². The van der Waals surface area contributed by atoms with Crippen LogP contribution < -0.4 is 14.4 Å². The predicted octanol–water partition coefficient (Wildman–Crippen LogP) is 3.92. The van der Waals surface area contributed by atoms with Gasteiger partial charge in [-0.3, -0.25) is 9.69 Å². The Labute approximate surface area is 170 Å². The van der Waals surface area contributed by atoms with E-state index in [1.54, 1.807) is 11.0 Å². The Morgan fingerprint density at radius 1 is 1.21 bits per heavy atom. The third kappa shape index (κ3) is 3.77. The van der Waals surface area contributed by atoms with Crippen molar-refractivity contribution in [1.82, 2.24) is 4.98 Å². The third-order valence-electron chi connectivity index (χ3n) is 5.07. The molecule has 150 valence electrons. The van der Waals surface area contributed by atoms with Gasteiger partial charge in [0.15, 0.2) is 16.6 Å². The first-order valence-electron chi connectivity index (χ1n) is 9.52. The van der Waals surface area contributed by atoms with Gasteiger partial charge in [0.05, 0.1) is 29.3 Å². The second-order valence-electron chi connectivity index (χ2n) is 7.11. The number of nitrogens with zero attached hydrogens (tertiary/aromatic N) is 2. The van der Waals surface area contributed by atoms with E-state index < -0.39 is 0 Å². The molecule has 2 aliphatic heterocycles. The third-order valence-corrected chi connectivity index (χ3v) is 6.11. The molecule has 1 unspecified atom stereocenters. The molecule has 3 aromatic rings. The smallest absolute Gasteiger partial charge is 0.233 e. The molecule has 6 nitrogen and oxygen atoms in total. The first-order valence-corrected chi connectivity index (χ1v) is 10.3. The first kappa shape index (κ1) is 18.3. The van der Waals surface area contributed by atoms with Crippen LogP contribution in [0.15, 0.2) is 36.4 Å². The van der Waals surface area contributed by atoms with Gasteiger partial charge in [-0.2, -0.15) is 0 Å². The van der Waals surface area contributed by atoms with E-state index in [4.69, 9.17) is 14.2 Å². The Bertz CT molecular complexity index is 1060. The van der Waals surface area contributed by atoms with Crippen molar-refractivity contribution >= 4 is 32.6 Å². The lowest BCUT2D eigenvalue weighted by Crippen LogP contribution is -2.38. The summed E-state index contributed by atoms with van der Waals surface area (Å²) in [6.45, 7) is 1.34. The summed E-state index contributed by atoms with van der Waals surface area (Å²) in [7, 11) is 0. The molecular formula is C21H19FN2O4S. The highest BCUT2D eigenvalue weighted by Crippen LogP contribution is 2.34. The second-order valence-corrected chi connectivity index (χ2v) is 8.12. The standard InChI is InChI=1S/C21H19FN2O4S/c22-14-4-5-16-19(10-14)29-21(23-16)24(11-15-2-1-7-26-15)20(25)9-13-3-6-17-18(8-13)28-12-27-17/h3-6,8,10,15H,1-2,7,9,11-12H2. The van der Waals surface area contributed by atoms with Gasteiger partial charge in [-0.05, 0) is 48.7 Å². The topological polar surface area (TPSA) is 60.9 Å². The molecule has 0 radical (unpaired) electrons. The van der Waals surface area contributed by atoms with E-state index in [1.807, 2.05) is 18.2 Å². The molecule has 0 aliphatic carbocycles. The Morgan fingerprint density at radius 2 is 2.10 bits per heavy atom. The number of aromatic nitrogens is 1. The summed E-state index contributed by atoms with van der Waals surface area (Å²) < 4.78 is 30.8. The van der Waals surface area contributed by atoms with Gasteiger partial charge in [-0.1, -0.05) is 17.4 Å². The van der Waals surface area contributed by atoms with E-state index in [1.165, 1.54) is 23.5 Å².